The molecular weight excluding hydrogens is 327 g/mol. The van der Waals surface area contributed by atoms with Gasteiger partial charge in [-0.15, -0.1) is 10.2 Å². The summed E-state index contributed by atoms with van der Waals surface area (Å²) in [5, 5.41) is 12.4. The first-order valence-electron chi connectivity index (χ1n) is 8.16. The van der Waals surface area contributed by atoms with E-state index in [4.69, 9.17) is 0 Å². The predicted molar refractivity (Wildman–Crippen MR) is 92.6 cm³/mol. The van der Waals surface area contributed by atoms with Crippen LogP contribution in [0.1, 0.15) is 23.4 Å². The Bertz CT molecular complexity index is 697. The number of hydrogen-bond acceptors (Lipinski definition) is 5. The number of nitrogens with zero attached hydrogens (tertiary/aromatic N) is 3. The molecule has 2 aromatic rings. The lowest BCUT2D eigenvalue weighted by atomic mass is 9.90. The fourth-order valence-electron chi connectivity index (χ4n) is 3.05. The minimum atomic E-state index is -0.182. The zero-order valence-corrected chi connectivity index (χ0v) is 14.5. The predicted octanol–water partition coefficient (Wildman–Crippen LogP) is 2.74. The number of likely N-dealkylation sites (tertiary alicyclic amines) is 1. The maximum absolute atomic E-state index is 13.3. The number of aromatic nitrogens is 2. The number of piperidine rings is 1. The van der Waals surface area contributed by atoms with Crippen LogP contribution in [0.2, 0.25) is 0 Å². The summed E-state index contributed by atoms with van der Waals surface area (Å²) in [4.78, 5) is 14.3. The Hall–Kier alpha value is -2.02. The van der Waals surface area contributed by atoms with Crippen LogP contribution >= 0.6 is 11.3 Å². The van der Waals surface area contributed by atoms with Crippen LogP contribution in [-0.2, 0) is 17.6 Å². The lowest BCUT2D eigenvalue weighted by Crippen LogP contribution is -2.39. The summed E-state index contributed by atoms with van der Waals surface area (Å²) in [6.45, 7) is 1.52. The Balaban J connectivity index is 1.48. The van der Waals surface area contributed by atoms with Gasteiger partial charge in [-0.2, -0.15) is 0 Å². The Morgan fingerprint density at radius 1 is 1.38 bits per heavy atom. The smallest absolute Gasteiger partial charge is 0.229 e. The first-order chi connectivity index (χ1) is 11.6. The molecule has 7 heteroatoms. The van der Waals surface area contributed by atoms with Crippen molar-refractivity contribution in [2.75, 3.05) is 25.5 Å². The van der Waals surface area contributed by atoms with Crippen LogP contribution in [0.4, 0.5) is 9.52 Å². The first kappa shape index (κ1) is 16.8. The van der Waals surface area contributed by atoms with Gasteiger partial charge in [-0.05, 0) is 42.9 Å². The standard InChI is InChI=1S/C17H21FN4OS/c1-19-17-21-20-15(24-17)11-16(23)22-7-5-12(6-8-22)9-13-3-2-4-14(18)10-13/h2-4,10,12H,5-9,11H2,1H3,(H,19,21). The maximum atomic E-state index is 13.3. The van der Waals surface area contributed by atoms with Crippen molar-refractivity contribution in [2.45, 2.75) is 25.7 Å². The quantitative estimate of drug-likeness (QED) is 0.903. The fraction of sp³-hybridized carbons (Fsp3) is 0.471. The monoisotopic (exact) mass is 348 g/mol. The molecule has 128 valence electrons. The summed E-state index contributed by atoms with van der Waals surface area (Å²) >= 11 is 1.41. The number of halogens is 1. The molecule has 1 aromatic carbocycles. The Labute approximate surface area is 144 Å². The summed E-state index contributed by atoms with van der Waals surface area (Å²) in [7, 11) is 1.79. The van der Waals surface area contributed by atoms with E-state index in [0.29, 0.717) is 12.3 Å². The number of hydrogen-bond donors (Lipinski definition) is 1. The van der Waals surface area contributed by atoms with Crippen molar-refractivity contribution in [3.05, 3.63) is 40.7 Å². The molecule has 1 N–H and O–H groups in total. The summed E-state index contributed by atoms with van der Waals surface area (Å²) in [5.74, 6) is 0.435. The third kappa shape index (κ3) is 4.29. The molecule has 0 bridgehead atoms. The molecule has 24 heavy (non-hydrogen) atoms. The number of anilines is 1. The molecule has 0 radical (unpaired) electrons. The van der Waals surface area contributed by atoms with Crippen LogP contribution in [-0.4, -0.2) is 41.1 Å². The van der Waals surface area contributed by atoms with Gasteiger partial charge in [-0.1, -0.05) is 23.5 Å². The molecule has 1 saturated heterocycles. The second kappa shape index (κ2) is 7.70. The van der Waals surface area contributed by atoms with Gasteiger partial charge in [-0.3, -0.25) is 4.79 Å². The molecule has 3 rings (SSSR count). The minimum absolute atomic E-state index is 0.109. The van der Waals surface area contributed by atoms with Gasteiger partial charge >= 0.3 is 0 Å². The zero-order chi connectivity index (χ0) is 16.9. The van der Waals surface area contributed by atoms with Crippen LogP contribution in [0.5, 0.6) is 0 Å². The van der Waals surface area contributed by atoms with Gasteiger partial charge in [0.05, 0.1) is 6.42 Å². The molecule has 0 aliphatic carbocycles. The molecule has 1 aliphatic heterocycles. The molecule has 5 nitrogen and oxygen atoms in total. The molecule has 0 unspecified atom stereocenters. The number of carbonyl (C=O) groups is 1. The Kier molecular flexibility index (Phi) is 5.40. The van der Waals surface area contributed by atoms with Gasteiger partial charge in [0, 0.05) is 20.1 Å². The number of nitrogens with one attached hydrogen (secondary N) is 1. The third-order valence-electron chi connectivity index (χ3n) is 4.36. The highest BCUT2D eigenvalue weighted by atomic mass is 32.1. The lowest BCUT2D eigenvalue weighted by Gasteiger charge is -2.32. The van der Waals surface area contributed by atoms with Gasteiger partial charge in [0.1, 0.15) is 10.8 Å². The molecule has 0 spiro atoms. The van der Waals surface area contributed by atoms with Crippen molar-refractivity contribution in [1.82, 2.24) is 15.1 Å². The van der Waals surface area contributed by atoms with Gasteiger partial charge in [0.2, 0.25) is 11.0 Å². The molecule has 1 aliphatic rings. The molecule has 0 atom stereocenters. The topological polar surface area (TPSA) is 58.1 Å². The van der Waals surface area contributed by atoms with Crippen LogP contribution in [0.15, 0.2) is 24.3 Å². The van der Waals surface area contributed by atoms with Gasteiger partial charge in [-0.25, -0.2) is 4.39 Å². The van der Waals surface area contributed by atoms with Crippen LogP contribution in [0.3, 0.4) is 0 Å². The van der Waals surface area contributed by atoms with E-state index in [0.717, 1.165) is 48.1 Å². The first-order valence-corrected chi connectivity index (χ1v) is 8.98. The van der Waals surface area contributed by atoms with Gasteiger partial charge < -0.3 is 10.2 Å². The van der Waals surface area contributed by atoms with Crippen molar-refractivity contribution >= 4 is 22.4 Å². The number of amides is 1. The minimum Gasteiger partial charge on any atom is -0.363 e. The normalized spacial score (nSPS) is 15.5. The summed E-state index contributed by atoms with van der Waals surface area (Å²) in [5.41, 5.74) is 1.04. The number of rotatable bonds is 5. The average Bonchev–Trinajstić information content (AvgIpc) is 3.03. The van der Waals surface area contributed by atoms with Crippen LogP contribution in [0.25, 0.3) is 0 Å². The van der Waals surface area contributed by atoms with E-state index in [9.17, 15) is 9.18 Å². The van der Waals surface area contributed by atoms with E-state index in [1.807, 2.05) is 11.0 Å². The molecule has 1 amide bonds. The SMILES string of the molecule is CNc1nnc(CC(=O)N2CCC(Cc3cccc(F)c3)CC2)s1. The highest BCUT2D eigenvalue weighted by Gasteiger charge is 2.24. The second-order valence-corrected chi connectivity index (χ2v) is 7.15. The van der Waals surface area contributed by atoms with Crippen molar-refractivity contribution < 1.29 is 9.18 Å². The van der Waals surface area contributed by atoms with E-state index in [-0.39, 0.29) is 11.7 Å². The van der Waals surface area contributed by atoms with E-state index in [1.165, 1.54) is 17.4 Å². The maximum Gasteiger partial charge on any atom is 0.229 e. The van der Waals surface area contributed by atoms with Crippen LogP contribution in [0, 0.1) is 11.7 Å². The van der Waals surface area contributed by atoms with E-state index >= 15 is 0 Å². The molecule has 1 aromatic heterocycles. The van der Waals surface area contributed by atoms with Gasteiger partial charge in [0.25, 0.3) is 0 Å². The van der Waals surface area contributed by atoms with Crippen molar-refractivity contribution in [2.24, 2.45) is 5.92 Å². The van der Waals surface area contributed by atoms with E-state index in [1.54, 1.807) is 19.2 Å². The van der Waals surface area contributed by atoms with Crippen molar-refractivity contribution in [3.8, 4) is 0 Å². The molecule has 0 saturated carbocycles. The van der Waals surface area contributed by atoms with Crippen LogP contribution < -0.4 is 5.32 Å². The highest BCUT2D eigenvalue weighted by Crippen LogP contribution is 2.23. The second-order valence-electron chi connectivity index (χ2n) is 6.09. The Morgan fingerprint density at radius 3 is 2.83 bits per heavy atom. The average molecular weight is 348 g/mol. The van der Waals surface area contributed by atoms with E-state index in [2.05, 4.69) is 15.5 Å². The Morgan fingerprint density at radius 2 is 2.17 bits per heavy atom. The summed E-state index contributed by atoms with van der Waals surface area (Å²) in [6.07, 6.45) is 3.11. The third-order valence-corrected chi connectivity index (χ3v) is 5.30. The molecular formula is C17H21FN4OS. The summed E-state index contributed by atoms with van der Waals surface area (Å²) in [6, 6.07) is 6.80. The summed E-state index contributed by atoms with van der Waals surface area (Å²) < 4.78 is 13.3. The zero-order valence-electron chi connectivity index (χ0n) is 13.7. The van der Waals surface area contributed by atoms with Crippen molar-refractivity contribution in [1.29, 1.82) is 0 Å². The van der Waals surface area contributed by atoms with Crippen molar-refractivity contribution in [3.63, 3.8) is 0 Å². The number of benzene rings is 1. The number of carbonyl (C=O) groups excluding carboxylic acids is 1. The van der Waals surface area contributed by atoms with Gasteiger partial charge in [0.15, 0.2) is 0 Å². The van der Waals surface area contributed by atoms with E-state index < -0.39 is 0 Å². The molecule has 2 heterocycles. The fourth-order valence-corrected chi connectivity index (χ4v) is 3.74. The highest BCUT2D eigenvalue weighted by molar-refractivity contribution is 7.15. The largest absolute Gasteiger partial charge is 0.363 e. The lowest BCUT2D eigenvalue weighted by molar-refractivity contribution is -0.131. The molecule has 1 fully saturated rings.